The molecule has 0 aromatic heterocycles. The highest BCUT2D eigenvalue weighted by Gasteiger charge is 2.35. The second-order valence-electron chi connectivity index (χ2n) is 6.09. The van der Waals surface area contributed by atoms with Gasteiger partial charge in [-0.2, -0.15) is 5.26 Å². The van der Waals surface area contributed by atoms with Gasteiger partial charge in [0.25, 0.3) is 0 Å². The van der Waals surface area contributed by atoms with Gasteiger partial charge in [0.05, 0.1) is 12.6 Å². The summed E-state index contributed by atoms with van der Waals surface area (Å²) in [5.41, 5.74) is 0.456. The summed E-state index contributed by atoms with van der Waals surface area (Å²) in [6.07, 6.45) is 3.52. The zero-order valence-electron chi connectivity index (χ0n) is 13.1. The van der Waals surface area contributed by atoms with Crippen LogP contribution < -0.4 is 5.32 Å². The third-order valence-corrected chi connectivity index (χ3v) is 4.71. The Hall–Kier alpha value is -1.57. The molecule has 0 bridgehead atoms. The molecule has 118 valence electrons. The number of hydrogen-bond acceptors (Lipinski definition) is 3. The summed E-state index contributed by atoms with van der Waals surface area (Å²) in [6, 6.07) is 10.0. The molecular weight excluding hydrogens is 298 g/mol. The second-order valence-corrected chi connectivity index (χ2v) is 6.53. The van der Waals surface area contributed by atoms with Crippen molar-refractivity contribution < 1.29 is 4.79 Å². The number of benzene rings is 1. The number of nitriles is 1. The van der Waals surface area contributed by atoms with Crippen LogP contribution in [-0.2, 0) is 4.79 Å². The van der Waals surface area contributed by atoms with Crippen molar-refractivity contribution in [3.63, 3.8) is 0 Å². The van der Waals surface area contributed by atoms with Crippen LogP contribution in [0.2, 0.25) is 5.02 Å². The molecule has 1 aromatic carbocycles. The minimum Gasteiger partial charge on any atom is -0.337 e. The van der Waals surface area contributed by atoms with Crippen LogP contribution in [0.4, 0.5) is 0 Å². The Kier molecular flexibility index (Phi) is 5.44. The highest BCUT2D eigenvalue weighted by atomic mass is 35.5. The number of hydrogen-bond donors (Lipinski definition) is 1. The Morgan fingerprint density at radius 2 is 2.00 bits per heavy atom. The number of rotatable bonds is 5. The minimum atomic E-state index is -0.651. The van der Waals surface area contributed by atoms with Crippen LogP contribution in [0, 0.1) is 11.3 Å². The number of halogens is 1. The molecule has 0 heterocycles. The average molecular weight is 320 g/mol. The van der Waals surface area contributed by atoms with Gasteiger partial charge >= 0.3 is 0 Å². The van der Waals surface area contributed by atoms with Gasteiger partial charge in [0, 0.05) is 11.1 Å². The number of amides is 1. The van der Waals surface area contributed by atoms with Crippen LogP contribution in [0.15, 0.2) is 24.3 Å². The predicted molar refractivity (Wildman–Crippen MR) is 87.5 cm³/mol. The van der Waals surface area contributed by atoms with E-state index in [1.807, 2.05) is 43.1 Å². The molecule has 22 heavy (non-hydrogen) atoms. The lowest BCUT2D eigenvalue weighted by Crippen LogP contribution is -2.48. The van der Waals surface area contributed by atoms with Crippen molar-refractivity contribution in [2.24, 2.45) is 0 Å². The average Bonchev–Trinajstić information content (AvgIpc) is 2.96. The van der Waals surface area contributed by atoms with Gasteiger partial charge < -0.3 is 5.32 Å². The fraction of sp³-hybridized carbons (Fsp3) is 0.529. The summed E-state index contributed by atoms with van der Waals surface area (Å²) in [7, 11) is 1.91. The van der Waals surface area contributed by atoms with E-state index in [0.29, 0.717) is 5.02 Å². The summed E-state index contributed by atoms with van der Waals surface area (Å²) in [4.78, 5) is 14.2. The number of nitrogens with one attached hydrogen (secondary N) is 1. The van der Waals surface area contributed by atoms with Gasteiger partial charge in [0.15, 0.2) is 0 Å². The van der Waals surface area contributed by atoms with Gasteiger partial charge in [0.2, 0.25) is 5.91 Å². The summed E-state index contributed by atoms with van der Waals surface area (Å²) in [5.74, 6) is -0.0910. The van der Waals surface area contributed by atoms with Crippen molar-refractivity contribution in [3.8, 4) is 6.07 Å². The highest BCUT2D eigenvalue weighted by Crippen LogP contribution is 2.29. The largest absolute Gasteiger partial charge is 0.337 e. The van der Waals surface area contributed by atoms with Crippen molar-refractivity contribution in [1.29, 1.82) is 5.26 Å². The van der Waals surface area contributed by atoms with E-state index in [0.717, 1.165) is 31.2 Å². The first-order valence-corrected chi connectivity index (χ1v) is 8.01. The zero-order chi connectivity index (χ0) is 16.2. The lowest BCUT2D eigenvalue weighted by Gasteiger charge is -2.27. The molecular formula is C17H22ClN3O. The predicted octanol–water partition coefficient (Wildman–Crippen LogP) is 3.29. The summed E-state index contributed by atoms with van der Waals surface area (Å²) < 4.78 is 0. The standard InChI is InChI=1S/C17H22ClN3O/c1-13(14-5-7-15(18)8-6-14)21(2)11-16(22)20-17(12-19)9-3-4-10-17/h5-8,13H,3-4,9-11H2,1-2H3,(H,20,22)/t13-/m1/s1. The molecule has 1 saturated carbocycles. The van der Waals surface area contributed by atoms with Gasteiger partial charge in [-0.15, -0.1) is 0 Å². The lowest BCUT2D eigenvalue weighted by molar-refractivity contribution is -0.123. The maximum atomic E-state index is 12.2. The summed E-state index contributed by atoms with van der Waals surface area (Å²) in [6.45, 7) is 2.32. The first-order valence-electron chi connectivity index (χ1n) is 7.64. The van der Waals surface area contributed by atoms with E-state index in [-0.39, 0.29) is 18.5 Å². The Morgan fingerprint density at radius 3 is 2.55 bits per heavy atom. The van der Waals surface area contributed by atoms with E-state index in [2.05, 4.69) is 11.4 Å². The van der Waals surface area contributed by atoms with Crippen LogP contribution in [0.25, 0.3) is 0 Å². The van der Waals surface area contributed by atoms with Crippen molar-refractivity contribution in [3.05, 3.63) is 34.9 Å². The zero-order valence-corrected chi connectivity index (χ0v) is 13.9. The fourth-order valence-corrected chi connectivity index (χ4v) is 3.03. The molecule has 4 nitrogen and oxygen atoms in total. The lowest BCUT2D eigenvalue weighted by atomic mass is 10.00. The molecule has 5 heteroatoms. The molecule has 1 aliphatic rings. The highest BCUT2D eigenvalue weighted by molar-refractivity contribution is 6.30. The molecule has 1 N–H and O–H groups in total. The molecule has 2 rings (SSSR count). The Balaban J connectivity index is 1.93. The normalized spacial score (nSPS) is 18.0. The third kappa shape index (κ3) is 4.00. The quantitative estimate of drug-likeness (QED) is 0.906. The SMILES string of the molecule is C[C@H](c1ccc(Cl)cc1)N(C)CC(=O)NC1(C#N)CCCC1. The summed E-state index contributed by atoms with van der Waals surface area (Å²) in [5, 5.41) is 12.9. The van der Waals surface area contributed by atoms with Gasteiger partial charge in [-0.1, -0.05) is 23.7 Å². The topological polar surface area (TPSA) is 56.1 Å². The molecule has 0 saturated heterocycles. The summed E-state index contributed by atoms with van der Waals surface area (Å²) >= 11 is 5.90. The van der Waals surface area contributed by atoms with Crippen LogP contribution in [0.1, 0.15) is 44.2 Å². The van der Waals surface area contributed by atoms with Gasteiger partial charge in [0.1, 0.15) is 5.54 Å². The number of likely N-dealkylation sites (N-methyl/N-ethyl adjacent to an activating group) is 1. The maximum absolute atomic E-state index is 12.2. The van der Waals surface area contributed by atoms with E-state index in [1.165, 1.54) is 0 Å². The molecule has 0 unspecified atom stereocenters. The monoisotopic (exact) mass is 319 g/mol. The third-order valence-electron chi connectivity index (χ3n) is 4.46. The first-order chi connectivity index (χ1) is 10.5. The fourth-order valence-electron chi connectivity index (χ4n) is 2.91. The maximum Gasteiger partial charge on any atom is 0.235 e. The number of nitrogens with zero attached hydrogens (tertiary/aromatic N) is 2. The molecule has 1 amide bonds. The molecule has 0 aliphatic heterocycles. The van der Waals surface area contributed by atoms with Crippen molar-refractivity contribution >= 4 is 17.5 Å². The van der Waals surface area contributed by atoms with Gasteiger partial charge in [-0.25, -0.2) is 0 Å². The van der Waals surface area contributed by atoms with Crippen LogP contribution in [0.5, 0.6) is 0 Å². The van der Waals surface area contributed by atoms with E-state index < -0.39 is 5.54 Å². The van der Waals surface area contributed by atoms with E-state index in [9.17, 15) is 10.1 Å². The molecule has 1 aliphatic carbocycles. The minimum absolute atomic E-state index is 0.0910. The van der Waals surface area contributed by atoms with E-state index in [1.54, 1.807) is 0 Å². The van der Waals surface area contributed by atoms with Crippen molar-refractivity contribution in [1.82, 2.24) is 10.2 Å². The van der Waals surface area contributed by atoms with Crippen LogP contribution in [0.3, 0.4) is 0 Å². The van der Waals surface area contributed by atoms with E-state index >= 15 is 0 Å². The van der Waals surface area contributed by atoms with E-state index in [4.69, 9.17) is 11.6 Å². The van der Waals surface area contributed by atoms with Crippen molar-refractivity contribution in [2.75, 3.05) is 13.6 Å². The van der Waals surface area contributed by atoms with Crippen molar-refractivity contribution in [2.45, 2.75) is 44.2 Å². The number of carbonyl (C=O) groups is 1. The molecule has 0 spiro atoms. The van der Waals surface area contributed by atoms with Crippen LogP contribution in [-0.4, -0.2) is 29.9 Å². The van der Waals surface area contributed by atoms with Gasteiger partial charge in [-0.05, 0) is 57.4 Å². The Labute approximate surface area is 137 Å². The Bertz CT molecular complexity index is 558. The molecule has 1 atom stereocenters. The second kappa shape index (κ2) is 7.13. The first kappa shape index (κ1) is 16.8. The molecule has 0 radical (unpaired) electrons. The molecule has 1 aromatic rings. The van der Waals surface area contributed by atoms with Gasteiger partial charge in [-0.3, -0.25) is 9.69 Å². The van der Waals surface area contributed by atoms with Crippen LogP contribution >= 0.6 is 11.6 Å². The smallest absolute Gasteiger partial charge is 0.235 e. The molecule has 1 fully saturated rings. The Morgan fingerprint density at radius 1 is 1.41 bits per heavy atom. The number of carbonyl (C=O) groups excluding carboxylic acids is 1.